The van der Waals surface area contributed by atoms with Gasteiger partial charge >= 0.3 is 0 Å². The molecule has 8 heteroatoms. The number of carbonyl (C=O) groups excluding carboxylic acids is 1. The first-order valence-corrected chi connectivity index (χ1v) is 12.0. The van der Waals surface area contributed by atoms with Crippen molar-refractivity contribution in [2.45, 2.75) is 46.6 Å². The van der Waals surface area contributed by atoms with Crippen LogP contribution in [-0.4, -0.2) is 30.6 Å². The van der Waals surface area contributed by atoms with Gasteiger partial charge in [0.15, 0.2) is 0 Å². The maximum Gasteiger partial charge on any atom is 0.269 e. The maximum absolute atomic E-state index is 13.4. The Hall–Kier alpha value is -2.97. The smallest absolute Gasteiger partial charge is 0.269 e. The predicted molar refractivity (Wildman–Crippen MR) is 137 cm³/mol. The van der Waals surface area contributed by atoms with Crippen LogP contribution in [0.1, 0.15) is 50.3 Å². The highest BCUT2D eigenvalue weighted by atomic mass is 32.2. The summed E-state index contributed by atoms with van der Waals surface area (Å²) < 4.78 is 8.20. The molecule has 3 aromatic rings. The number of rotatable bonds is 5. The van der Waals surface area contributed by atoms with Crippen LogP contribution in [0.15, 0.2) is 52.3 Å². The van der Waals surface area contributed by atoms with E-state index in [0.717, 1.165) is 11.1 Å². The van der Waals surface area contributed by atoms with Crippen LogP contribution in [0, 0.1) is 6.92 Å². The summed E-state index contributed by atoms with van der Waals surface area (Å²) in [6, 6.07) is 11.2. The van der Waals surface area contributed by atoms with E-state index >= 15 is 0 Å². The fourth-order valence-electron chi connectivity index (χ4n) is 3.65. The minimum Gasteiger partial charge on any atom is -0.438 e. The second-order valence-corrected chi connectivity index (χ2v) is 10.2. The van der Waals surface area contributed by atoms with Crippen molar-refractivity contribution in [1.82, 2.24) is 14.3 Å². The highest BCUT2D eigenvalue weighted by Gasteiger charge is 2.34. The molecule has 3 heterocycles. The number of aromatic nitrogens is 2. The largest absolute Gasteiger partial charge is 0.438 e. The minimum absolute atomic E-state index is 0.0733. The molecule has 0 spiro atoms. The zero-order valence-electron chi connectivity index (χ0n) is 19.2. The number of hydrogen-bond donors (Lipinski definition) is 0. The van der Waals surface area contributed by atoms with Crippen molar-refractivity contribution in [3.63, 3.8) is 0 Å². The first-order valence-electron chi connectivity index (χ1n) is 10.7. The van der Waals surface area contributed by atoms with E-state index in [1.54, 1.807) is 29.3 Å². The first-order chi connectivity index (χ1) is 15.7. The molecule has 1 amide bonds. The van der Waals surface area contributed by atoms with Crippen LogP contribution in [0.4, 0.5) is 0 Å². The average molecular weight is 480 g/mol. The molecule has 4 rings (SSSR count). The molecule has 0 saturated carbocycles. The van der Waals surface area contributed by atoms with E-state index in [9.17, 15) is 9.59 Å². The number of thiocarbonyl (C=S) groups is 1. The quantitative estimate of drug-likeness (QED) is 0.354. The van der Waals surface area contributed by atoms with Crippen LogP contribution in [0.2, 0.25) is 0 Å². The summed E-state index contributed by atoms with van der Waals surface area (Å²) in [5, 5.41) is 0. The van der Waals surface area contributed by atoms with Crippen LogP contribution in [0.3, 0.4) is 0 Å². The average Bonchev–Trinajstić information content (AvgIpc) is 3.03. The SMILES string of the molecule is Cc1ccc(C(C)C)c(Oc2nc3ccccn3c(=O)c2/C=C2/SC(=S)N(C(C)C)C2=O)c1. The monoisotopic (exact) mass is 479 g/mol. The topological polar surface area (TPSA) is 63.9 Å². The number of fused-ring (bicyclic) bond motifs is 1. The van der Waals surface area contributed by atoms with Gasteiger partial charge in [-0.3, -0.25) is 18.9 Å². The number of hydrogen-bond acceptors (Lipinski definition) is 6. The summed E-state index contributed by atoms with van der Waals surface area (Å²) in [5.74, 6) is 0.796. The van der Waals surface area contributed by atoms with Gasteiger partial charge in [0, 0.05) is 12.2 Å². The maximum atomic E-state index is 13.4. The third kappa shape index (κ3) is 4.45. The van der Waals surface area contributed by atoms with E-state index in [1.165, 1.54) is 16.2 Å². The summed E-state index contributed by atoms with van der Waals surface area (Å²) in [6.07, 6.45) is 3.20. The number of amides is 1. The van der Waals surface area contributed by atoms with E-state index in [1.807, 2.05) is 45.0 Å². The molecule has 0 aliphatic carbocycles. The minimum atomic E-state index is -0.316. The van der Waals surface area contributed by atoms with Crippen LogP contribution in [0.5, 0.6) is 11.6 Å². The Labute approximate surface area is 202 Å². The molecule has 6 nitrogen and oxygen atoms in total. The van der Waals surface area contributed by atoms with Gasteiger partial charge in [0.25, 0.3) is 11.5 Å². The summed E-state index contributed by atoms with van der Waals surface area (Å²) in [4.78, 5) is 33.0. The number of ether oxygens (including phenoxy) is 1. The lowest BCUT2D eigenvalue weighted by atomic mass is 10.0. The van der Waals surface area contributed by atoms with Crippen molar-refractivity contribution < 1.29 is 9.53 Å². The van der Waals surface area contributed by atoms with Gasteiger partial charge < -0.3 is 4.74 Å². The Bertz CT molecular complexity index is 1360. The number of carbonyl (C=O) groups is 1. The van der Waals surface area contributed by atoms with Crippen LogP contribution >= 0.6 is 24.0 Å². The predicted octanol–water partition coefficient (Wildman–Crippen LogP) is 5.53. The molecule has 0 N–H and O–H groups in total. The molecule has 170 valence electrons. The van der Waals surface area contributed by atoms with Crippen molar-refractivity contribution >= 4 is 45.9 Å². The Morgan fingerprint density at radius 3 is 2.55 bits per heavy atom. The molecule has 33 heavy (non-hydrogen) atoms. The Balaban J connectivity index is 1.90. The summed E-state index contributed by atoms with van der Waals surface area (Å²) in [7, 11) is 0. The number of nitrogens with zero attached hydrogens (tertiary/aromatic N) is 3. The Morgan fingerprint density at radius 2 is 1.88 bits per heavy atom. The zero-order chi connectivity index (χ0) is 23.9. The molecule has 1 fully saturated rings. The molecular weight excluding hydrogens is 454 g/mol. The molecule has 0 unspecified atom stereocenters. The van der Waals surface area contributed by atoms with Crippen LogP contribution in [-0.2, 0) is 4.79 Å². The number of pyridine rings is 1. The second-order valence-electron chi connectivity index (χ2n) is 8.51. The second kappa shape index (κ2) is 9.11. The normalized spacial score (nSPS) is 15.5. The van der Waals surface area contributed by atoms with Crippen LogP contribution < -0.4 is 10.3 Å². The molecule has 1 saturated heterocycles. The van der Waals surface area contributed by atoms with E-state index in [0.29, 0.717) is 20.6 Å². The lowest BCUT2D eigenvalue weighted by molar-refractivity contribution is -0.123. The third-order valence-corrected chi connectivity index (χ3v) is 6.68. The lowest BCUT2D eigenvalue weighted by Gasteiger charge is -2.18. The van der Waals surface area contributed by atoms with Gasteiger partial charge in [0.1, 0.15) is 21.3 Å². The third-order valence-electron chi connectivity index (χ3n) is 5.35. The standard InChI is InChI=1S/C25H25N3O3S2/c1-14(2)17-10-9-16(5)12-19(17)31-22-18(23(29)27-11-7-6-8-21(27)26-22)13-20-24(30)28(15(3)4)25(32)33-20/h6-15H,1-5H3/b20-13+. The number of aryl methyl sites for hydroxylation is 1. The van der Waals surface area contributed by atoms with E-state index in [2.05, 4.69) is 18.8 Å². The molecule has 1 aliphatic heterocycles. The van der Waals surface area contributed by atoms with E-state index in [-0.39, 0.29) is 34.9 Å². The molecule has 1 aliphatic rings. The van der Waals surface area contributed by atoms with Gasteiger partial charge in [-0.15, -0.1) is 0 Å². The Kier molecular flexibility index (Phi) is 6.41. The zero-order valence-corrected chi connectivity index (χ0v) is 20.8. The van der Waals surface area contributed by atoms with Gasteiger partial charge in [0.2, 0.25) is 5.88 Å². The highest BCUT2D eigenvalue weighted by molar-refractivity contribution is 8.26. The molecule has 1 aromatic carbocycles. The van der Waals surface area contributed by atoms with Crippen LogP contribution in [0.25, 0.3) is 11.7 Å². The van der Waals surface area contributed by atoms with Gasteiger partial charge in [-0.05, 0) is 62.1 Å². The van der Waals surface area contributed by atoms with Gasteiger partial charge in [-0.2, -0.15) is 4.98 Å². The first kappa shape index (κ1) is 23.2. The van der Waals surface area contributed by atoms with E-state index < -0.39 is 0 Å². The van der Waals surface area contributed by atoms with Crippen molar-refractivity contribution in [1.29, 1.82) is 0 Å². The highest BCUT2D eigenvalue weighted by Crippen LogP contribution is 2.36. The van der Waals surface area contributed by atoms with Crippen molar-refractivity contribution in [3.05, 3.63) is 74.5 Å². The van der Waals surface area contributed by atoms with E-state index in [4.69, 9.17) is 17.0 Å². The summed E-state index contributed by atoms with van der Waals surface area (Å²) in [6.45, 7) is 9.95. The Morgan fingerprint density at radius 1 is 1.12 bits per heavy atom. The fourth-order valence-corrected chi connectivity index (χ4v) is 5.16. The van der Waals surface area contributed by atoms with Crippen molar-refractivity contribution in [2.24, 2.45) is 0 Å². The molecule has 0 bridgehead atoms. The summed E-state index contributed by atoms with van der Waals surface area (Å²) >= 11 is 6.57. The van der Waals surface area contributed by atoms with Gasteiger partial charge in [-0.25, -0.2) is 0 Å². The lowest BCUT2D eigenvalue weighted by Crippen LogP contribution is -2.34. The number of benzene rings is 1. The van der Waals surface area contributed by atoms with Gasteiger partial charge in [-0.1, -0.05) is 56.0 Å². The van der Waals surface area contributed by atoms with Gasteiger partial charge in [0.05, 0.1) is 4.91 Å². The summed E-state index contributed by atoms with van der Waals surface area (Å²) in [5.41, 5.74) is 2.39. The van der Waals surface area contributed by atoms with Crippen molar-refractivity contribution in [3.8, 4) is 11.6 Å². The molecule has 2 aromatic heterocycles. The fraction of sp³-hybridized carbons (Fsp3) is 0.280. The molecule has 0 atom stereocenters. The molecule has 0 radical (unpaired) electrons. The molecular formula is C25H25N3O3S2. The van der Waals surface area contributed by atoms with Crippen molar-refractivity contribution in [2.75, 3.05) is 0 Å². The number of thioether (sulfide) groups is 1.